The van der Waals surface area contributed by atoms with Gasteiger partial charge in [0.1, 0.15) is 0 Å². The summed E-state index contributed by atoms with van der Waals surface area (Å²) in [7, 11) is 0. The first kappa shape index (κ1) is 20.6. The fraction of sp³-hybridized carbons (Fsp3) is 0.261. The molecule has 3 aromatic rings. The van der Waals surface area contributed by atoms with Crippen molar-refractivity contribution in [3.05, 3.63) is 75.7 Å². The molecule has 30 heavy (non-hydrogen) atoms. The van der Waals surface area contributed by atoms with E-state index in [2.05, 4.69) is 22.4 Å². The van der Waals surface area contributed by atoms with Crippen molar-refractivity contribution >= 4 is 34.8 Å². The summed E-state index contributed by atoms with van der Waals surface area (Å²) in [5, 5.41) is 3.04. The lowest BCUT2D eigenvalue weighted by molar-refractivity contribution is -0.126. The zero-order valence-electron chi connectivity index (χ0n) is 16.4. The Kier molecular flexibility index (Phi) is 6.45. The fourth-order valence-corrected chi connectivity index (χ4v) is 4.63. The molecule has 1 N–H and O–H groups in total. The Bertz CT molecular complexity index is 1010. The van der Waals surface area contributed by atoms with E-state index in [1.807, 2.05) is 29.2 Å². The first-order valence-electron chi connectivity index (χ1n) is 9.92. The highest BCUT2D eigenvalue weighted by Gasteiger charge is 2.28. The standard InChI is InChI=1S/C23H22ClN3O2S/c24-21-6-5-20(30-21)23(29)27-13-9-19(10-14-27)22(28)26-15-16-1-3-17(4-2-16)18-7-11-25-12-8-18/h1-8,11-12,19H,9-10,13-15H2,(H,26,28). The van der Waals surface area contributed by atoms with Gasteiger partial charge in [0.25, 0.3) is 5.91 Å². The van der Waals surface area contributed by atoms with E-state index in [1.165, 1.54) is 11.3 Å². The highest BCUT2D eigenvalue weighted by molar-refractivity contribution is 7.17. The van der Waals surface area contributed by atoms with Crippen molar-refractivity contribution in [1.29, 1.82) is 0 Å². The number of pyridine rings is 1. The topological polar surface area (TPSA) is 62.3 Å². The van der Waals surface area contributed by atoms with E-state index in [0.29, 0.717) is 41.7 Å². The third-order valence-corrected chi connectivity index (χ3v) is 6.59. The molecule has 1 aliphatic rings. The van der Waals surface area contributed by atoms with Crippen LogP contribution in [0.3, 0.4) is 0 Å². The van der Waals surface area contributed by atoms with Gasteiger partial charge in [-0.15, -0.1) is 11.3 Å². The summed E-state index contributed by atoms with van der Waals surface area (Å²) >= 11 is 7.22. The van der Waals surface area contributed by atoms with Crippen LogP contribution in [-0.2, 0) is 11.3 Å². The van der Waals surface area contributed by atoms with Gasteiger partial charge in [-0.25, -0.2) is 0 Å². The summed E-state index contributed by atoms with van der Waals surface area (Å²) in [6, 6.07) is 15.6. The summed E-state index contributed by atoms with van der Waals surface area (Å²) in [4.78, 5) is 31.6. The average molecular weight is 440 g/mol. The van der Waals surface area contributed by atoms with E-state index >= 15 is 0 Å². The smallest absolute Gasteiger partial charge is 0.263 e. The minimum Gasteiger partial charge on any atom is -0.352 e. The van der Waals surface area contributed by atoms with Gasteiger partial charge in [-0.05, 0) is 53.8 Å². The van der Waals surface area contributed by atoms with Crippen molar-refractivity contribution in [2.75, 3.05) is 13.1 Å². The van der Waals surface area contributed by atoms with Crippen LogP contribution in [0.5, 0.6) is 0 Å². The lowest BCUT2D eigenvalue weighted by Gasteiger charge is -2.31. The van der Waals surface area contributed by atoms with E-state index < -0.39 is 0 Å². The van der Waals surface area contributed by atoms with Crippen molar-refractivity contribution in [1.82, 2.24) is 15.2 Å². The number of amides is 2. The largest absolute Gasteiger partial charge is 0.352 e. The van der Waals surface area contributed by atoms with Crippen molar-refractivity contribution in [2.45, 2.75) is 19.4 Å². The van der Waals surface area contributed by atoms with Gasteiger partial charge in [0.05, 0.1) is 9.21 Å². The Morgan fingerprint density at radius 1 is 1.00 bits per heavy atom. The maximum absolute atomic E-state index is 12.6. The van der Waals surface area contributed by atoms with Gasteiger partial charge in [-0.3, -0.25) is 14.6 Å². The van der Waals surface area contributed by atoms with Crippen LogP contribution in [0.1, 0.15) is 28.1 Å². The molecular formula is C23H22ClN3O2S. The summed E-state index contributed by atoms with van der Waals surface area (Å²) in [5.74, 6) is -0.00316. The lowest BCUT2D eigenvalue weighted by atomic mass is 9.95. The molecule has 1 saturated heterocycles. The van der Waals surface area contributed by atoms with Crippen LogP contribution in [-0.4, -0.2) is 34.8 Å². The molecule has 0 unspecified atom stereocenters. The number of rotatable bonds is 5. The second kappa shape index (κ2) is 9.41. The van der Waals surface area contributed by atoms with E-state index in [0.717, 1.165) is 16.7 Å². The van der Waals surface area contributed by atoms with Gasteiger partial charge in [0, 0.05) is 37.9 Å². The van der Waals surface area contributed by atoms with Crippen LogP contribution >= 0.6 is 22.9 Å². The highest BCUT2D eigenvalue weighted by atomic mass is 35.5. The molecule has 3 heterocycles. The summed E-state index contributed by atoms with van der Waals surface area (Å²) in [6.45, 7) is 1.68. The van der Waals surface area contributed by atoms with Crippen LogP contribution in [0.4, 0.5) is 0 Å². The number of piperidine rings is 1. The molecule has 0 saturated carbocycles. The Morgan fingerprint density at radius 3 is 2.30 bits per heavy atom. The van der Waals surface area contributed by atoms with Crippen LogP contribution < -0.4 is 5.32 Å². The van der Waals surface area contributed by atoms with Crippen molar-refractivity contribution in [3.63, 3.8) is 0 Å². The van der Waals surface area contributed by atoms with Crippen LogP contribution in [0.25, 0.3) is 11.1 Å². The molecule has 4 rings (SSSR count). The predicted molar refractivity (Wildman–Crippen MR) is 119 cm³/mol. The molecule has 7 heteroatoms. The molecule has 5 nitrogen and oxygen atoms in total. The number of likely N-dealkylation sites (tertiary alicyclic amines) is 1. The minimum absolute atomic E-state index is 0.0000419. The number of carbonyl (C=O) groups is 2. The monoisotopic (exact) mass is 439 g/mol. The van der Waals surface area contributed by atoms with Crippen molar-refractivity contribution in [3.8, 4) is 11.1 Å². The van der Waals surface area contributed by atoms with Gasteiger partial charge in [-0.2, -0.15) is 0 Å². The van der Waals surface area contributed by atoms with Crippen LogP contribution in [0.15, 0.2) is 60.9 Å². The maximum atomic E-state index is 12.6. The normalized spacial score (nSPS) is 14.5. The molecular weight excluding hydrogens is 418 g/mol. The summed E-state index contributed by atoms with van der Waals surface area (Å²) < 4.78 is 0.612. The van der Waals surface area contributed by atoms with Gasteiger partial charge in [0.2, 0.25) is 5.91 Å². The molecule has 154 valence electrons. The number of hydrogen-bond donors (Lipinski definition) is 1. The Hall–Kier alpha value is -2.70. The number of thiophene rings is 1. The van der Waals surface area contributed by atoms with Gasteiger partial charge >= 0.3 is 0 Å². The Morgan fingerprint density at radius 2 is 1.67 bits per heavy atom. The van der Waals surface area contributed by atoms with E-state index in [4.69, 9.17) is 11.6 Å². The van der Waals surface area contributed by atoms with Crippen molar-refractivity contribution in [2.24, 2.45) is 5.92 Å². The zero-order chi connectivity index (χ0) is 20.9. The number of nitrogens with one attached hydrogen (secondary N) is 1. The van der Waals surface area contributed by atoms with Gasteiger partial charge in [0.15, 0.2) is 0 Å². The fourth-order valence-electron chi connectivity index (χ4n) is 3.62. The number of halogens is 1. The second-order valence-corrected chi connectivity index (χ2v) is 9.04. The van der Waals surface area contributed by atoms with Gasteiger partial charge < -0.3 is 10.2 Å². The summed E-state index contributed by atoms with van der Waals surface area (Å²) in [5.41, 5.74) is 3.30. The Labute approximate surface area is 184 Å². The quantitative estimate of drug-likeness (QED) is 0.630. The molecule has 2 amide bonds. The zero-order valence-corrected chi connectivity index (χ0v) is 18.0. The molecule has 1 fully saturated rings. The maximum Gasteiger partial charge on any atom is 0.263 e. The molecule has 1 aliphatic heterocycles. The van der Waals surface area contributed by atoms with Crippen molar-refractivity contribution < 1.29 is 9.59 Å². The third kappa shape index (κ3) is 4.89. The lowest BCUT2D eigenvalue weighted by Crippen LogP contribution is -2.42. The number of benzene rings is 1. The third-order valence-electron chi connectivity index (χ3n) is 5.37. The van der Waals surface area contributed by atoms with Gasteiger partial charge in [-0.1, -0.05) is 35.9 Å². The average Bonchev–Trinajstić information content (AvgIpc) is 3.24. The minimum atomic E-state index is -0.0583. The first-order valence-corrected chi connectivity index (χ1v) is 11.1. The number of carbonyl (C=O) groups excluding carboxylic acids is 2. The second-order valence-electron chi connectivity index (χ2n) is 7.32. The van der Waals surface area contributed by atoms with Crippen LogP contribution in [0.2, 0.25) is 4.34 Å². The summed E-state index contributed by atoms with van der Waals surface area (Å²) in [6.07, 6.45) is 4.91. The first-order chi connectivity index (χ1) is 14.6. The number of hydrogen-bond acceptors (Lipinski definition) is 4. The number of nitrogens with zero attached hydrogens (tertiary/aromatic N) is 2. The SMILES string of the molecule is O=C(NCc1ccc(-c2ccncc2)cc1)C1CCN(C(=O)c2ccc(Cl)s2)CC1. The molecule has 1 aromatic carbocycles. The molecule has 0 bridgehead atoms. The highest BCUT2D eigenvalue weighted by Crippen LogP contribution is 2.25. The molecule has 0 spiro atoms. The molecule has 0 atom stereocenters. The number of aromatic nitrogens is 1. The van der Waals surface area contributed by atoms with E-state index in [1.54, 1.807) is 24.5 Å². The predicted octanol–water partition coefficient (Wildman–Crippen LogP) is 4.63. The van der Waals surface area contributed by atoms with Crippen LogP contribution in [0, 0.1) is 5.92 Å². The van der Waals surface area contributed by atoms with E-state index in [9.17, 15) is 9.59 Å². The van der Waals surface area contributed by atoms with E-state index in [-0.39, 0.29) is 17.7 Å². The Balaban J connectivity index is 1.25. The molecule has 0 radical (unpaired) electrons. The molecule has 2 aromatic heterocycles. The molecule has 0 aliphatic carbocycles.